The third kappa shape index (κ3) is 4.23. The van der Waals surface area contributed by atoms with Crippen molar-refractivity contribution in [2.45, 2.75) is 45.3 Å². The molecule has 94 valence electrons. The second-order valence-electron chi connectivity index (χ2n) is 5.01. The van der Waals surface area contributed by atoms with Gasteiger partial charge in [0, 0.05) is 28.7 Å². The van der Waals surface area contributed by atoms with Crippen LogP contribution in [0.25, 0.3) is 0 Å². The van der Waals surface area contributed by atoms with Crippen molar-refractivity contribution in [3.8, 4) is 0 Å². The molecule has 2 rings (SSSR count). The second kappa shape index (κ2) is 6.16. The third-order valence-electron chi connectivity index (χ3n) is 3.20. The summed E-state index contributed by atoms with van der Waals surface area (Å²) in [6, 6.07) is 7.86. The molecule has 0 amide bonds. The SMILES string of the molecule is Cc1cccc(CNC(C)CNC2CC2)c1I. The zero-order chi connectivity index (χ0) is 12.3. The Morgan fingerprint density at radius 3 is 2.88 bits per heavy atom. The topological polar surface area (TPSA) is 24.1 Å². The molecule has 0 aliphatic heterocycles. The van der Waals surface area contributed by atoms with Crippen LogP contribution in [-0.2, 0) is 6.54 Å². The predicted molar refractivity (Wildman–Crippen MR) is 81.2 cm³/mol. The van der Waals surface area contributed by atoms with Crippen molar-refractivity contribution in [2.24, 2.45) is 0 Å². The van der Waals surface area contributed by atoms with E-state index in [1.807, 2.05) is 0 Å². The van der Waals surface area contributed by atoms with Gasteiger partial charge in [-0.25, -0.2) is 0 Å². The summed E-state index contributed by atoms with van der Waals surface area (Å²) in [4.78, 5) is 0. The van der Waals surface area contributed by atoms with Crippen molar-refractivity contribution in [3.63, 3.8) is 0 Å². The molecule has 1 aliphatic carbocycles. The van der Waals surface area contributed by atoms with Crippen LogP contribution in [0.3, 0.4) is 0 Å². The number of hydrogen-bond donors (Lipinski definition) is 2. The van der Waals surface area contributed by atoms with E-state index < -0.39 is 0 Å². The average Bonchev–Trinajstić information content (AvgIpc) is 3.12. The lowest BCUT2D eigenvalue weighted by Gasteiger charge is -2.15. The summed E-state index contributed by atoms with van der Waals surface area (Å²) in [5, 5.41) is 7.14. The van der Waals surface area contributed by atoms with Crippen molar-refractivity contribution in [3.05, 3.63) is 32.9 Å². The van der Waals surface area contributed by atoms with Gasteiger partial charge in [-0.05, 0) is 60.4 Å². The van der Waals surface area contributed by atoms with E-state index in [2.05, 4.69) is 65.3 Å². The van der Waals surface area contributed by atoms with Gasteiger partial charge in [0.25, 0.3) is 0 Å². The zero-order valence-corrected chi connectivity index (χ0v) is 12.8. The standard InChI is InChI=1S/C14H21IN2/c1-10-4-3-5-12(14(10)15)9-16-11(2)8-17-13-6-7-13/h3-5,11,13,16-17H,6-9H2,1-2H3. The first-order chi connectivity index (χ1) is 8.16. The first-order valence-electron chi connectivity index (χ1n) is 6.37. The summed E-state index contributed by atoms with van der Waals surface area (Å²) in [6.45, 7) is 6.46. The molecule has 1 unspecified atom stereocenters. The van der Waals surface area contributed by atoms with Crippen LogP contribution in [0.5, 0.6) is 0 Å². The Balaban J connectivity index is 1.77. The molecule has 1 fully saturated rings. The van der Waals surface area contributed by atoms with Crippen LogP contribution in [0.4, 0.5) is 0 Å². The highest BCUT2D eigenvalue weighted by Crippen LogP contribution is 2.18. The molecule has 0 radical (unpaired) electrons. The highest BCUT2D eigenvalue weighted by Gasteiger charge is 2.20. The van der Waals surface area contributed by atoms with E-state index >= 15 is 0 Å². The van der Waals surface area contributed by atoms with Gasteiger partial charge >= 0.3 is 0 Å². The number of rotatable bonds is 6. The Morgan fingerprint density at radius 2 is 2.18 bits per heavy atom. The van der Waals surface area contributed by atoms with Crippen molar-refractivity contribution < 1.29 is 0 Å². The average molecular weight is 344 g/mol. The maximum Gasteiger partial charge on any atom is 0.0219 e. The molecule has 1 aliphatic rings. The van der Waals surface area contributed by atoms with E-state index in [0.29, 0.717) is 6.04 Å². The van der Waals surface area contributed by atoms with Crippen LogP contribution >= 0.6 is 22.6 Å². The summed E-state index contributed by atoms with van der Waals surface area (Å²) in [7, 11) is 0. The van der Waals surface area contributed by atoms with Gasteiger partial charge in [0.2, 0.25) is 0 Å². The Labute approximate surface area is 118 Å². The third-order valence-corrected chi connectivity index (χ3v) is 4.75. The maximum absolute atomic E-state index is 3.58. The first-order valence-corrected chi connectivity index (χ1v) is 7.45. The number of aryl methyl sites for hydroxylation is 1. The number of hydrogen-bond acceptors (Lipinski definition) is 2. The van der Waals surface area contributed by atoms with Crippen molar-refractivity contribution in [2.75, 3.05) is 6.54 Å². The van der Waals surface area contributed by atoms with Gasteiger partial charge in [-0.3, -0.25) is 0 Å². The highest BCUT2D eigenvalue weighted by atomic mass is 127. The van der Waals surface area contributed by atoms with Crippen LogP contribution < -0.4 is 10.6 Å². The molecule has 1 atom stereocenters. The Morgan fingerprint density at radius 1 is 1.41 bits per heavy atom. The number of benzene rings is 1. The molecular weight excluding hydrogens is 323 g/mol. The minimum Gasteiger partial charge on any atom is -0.312 e. The van der Waals surface area contributed by atoms with Crippen LogP contribution in [-0.4, -0.2) is 18.6 Å². The quantitative estimate of drug-likeness (QED) is 0.776. The van der Waals surface area contributed by atoms with Gasteiger partial charge < -0.3 is 10.6 Å². The predicted octanol–water partition coefficient (Wildman–Crippen LogP) is 2.83. The lowest BCUT2D eigenvalue weighted by atomic mass is 10.1. The fraction of sp³-hybridized carbons (Fsp3) is 0.571. The minimum atomic E-state index is 0.534. The molecule has 2 N–H and O–H groups in total. The summed E-state index contributed by atoms with van der Waals surface area (Å²) >= 11 is 2.44. The van der Waals surface area contributed by atoms with Crippen molar-refractivity contribution in [1.82, 2.24) is 10.6 Å². The monoisotopic (exact) mass is 344 g/mol. The molecule has 1 saturated carbocycles. The van der Waals surface area contributed by atoms with E-state index in [-0.39, 0.29) is 0 Å². The van der Waals surface area contributed by atoms with E-state index in [1.54, 1.807) is 0 Å². The second-order valence-corrected chi connectivity index (χ2v) is 6.09. The van der Waals surface area contributed by atoms with Crippen LogP contribution in [0, 0.1) is 10.5 Å². The van der Waals surface area contributed by atoms with Gasteiger partial charge in [-0.15, -0.1) is 0 Å². The van der Waals surface area contributed by atoms with Gasteiger partial charge in [-0.1, -0.05) is 18.2 Å². The summed E-state index contributed by atoms with van der Waals surface area (Å²) in [6.07, 6.45) is 2.73. The molecule has 2 nitrogen and oxygen atoms in total. The lowest BCUT2D eigenvalue weighted by Crippen LogP contribution is -2.36. The highest BCUT2D eigenvalue weighted by molar-refractivity contribution is 14.1. The zero-order valence-electron chi connectivity index (χ0n) is 10.6. The van der Waals surface area contributed by atoms with Crippen LogP contribution in [0.2, 0.25) is 0 Å². The smallest absolute Gasteiger partial charge is 0.0219 e. The van der Waals surface area contributed by atoms with Crippen molar-refractivity contribution >= 4 is 22.6 Å². The minimum absolute atomic E-state index is 0.534. The van der Waals surface area contributed by atoms with E-state index in [4.69, 9.17) is 0 Å². The summed E-state index contributed by atoms with van der Waals surface area (Å²) in [5.41, 5.74) is 2.78. The van der Waals surface area contributed by atoms with Gasteiger partial charge in [0.05, 0.1) is 0 Å². The molecular formula is C14H21IN2. The lowest BCUT2D eigenvalue weighted by molar-refractivity contribution is 0.499. The number of halogens is 1. The normalized spacial score (nSPS) is 17.1. The maximum atomic E-state index is 3.58. The Kier molecular flexibility index (Phi) is 4.82. The molecule has 0 heterocycles. The largest absolute Gasteiger partial charge is 0.312 e. The summed E-state index contributed by atoms with van der Waals surface area (Å²) < 4.78 is 1.39. The summed E-state index contributed by atoms with van der Waals surface area (Å²) in [5.74, 6) is 0. The Hall–Kier alpha value is -0.130. The molecule has 0 spiro atoms. The van der Waals surface area contributed by atoms with Crippen LogP contribution in [0.1, 0.15) is 30.9 Å². The molecule has 1 aromatic rings. The molecule has 3 heteroatoms. The molecule has 0 aromatic heterocycles. The van der Waals surface area contributed by atoms with Gasteiger partial charge in [0.1, 0.15) is 0 Å². The fourth-order valence-corrected chi connectivity index (χ4v) is 2.38. The fourth-order valence-electron chi connectivity index (χ4n) is 1.83. The molecule has 17 heavy (non-hydrogen) atoms. The first kappa shape index (κ1) is 13.3. The van der Waals surface area contributed by atoms with Crippen molar-refractivity contribution in [1.29, 1.82) is 0 Å². The molecule has 1 aromatic carbocycles. The molecule has 0 bridgehead atoms. The number of nitrogens with one attached hydrogen (secondary N) is 2. The molecule has 0 saturated heterocycles. The van der Waals surface area contributed by atoms with Crippen LogP contribution in [0.15, 0.2) is 18.2 Å². The van der Waals surface area contributed by atoms with E-state index in [0.717, 1.165) is 19.1 Å². The van der Waals surface area contributed by atoms with E-state index in [9.17, 15) is 0 Å². The van der Waals surface area contributed by atoms with Gasteiger partial charge in [0.15, 0.2) is 0 Å². The van der Waals surface area contributed by atoms with Gasteiger partial charge in [-0.2, -0.15) is 0 Å². The van der Waals surface area contributed by atoms with E-state index in [1.165, 1.54) is 27.5 Å². The Bertz CT molecular complexity index is 374.